The fourth-order valence-corrected chi connectivity index (χ4v) is 4.98. The van der Waals surface area contributed by atoms with Crippen LogP contribution in [0.5, 0.6) is 11.5 Å². The second-order valence-electron chi connectivity index (χ2n) is 9.16. The van der Waals surface area contributed by atoms with Crippen molar-refractivity contribution in [3.8, 4) is 11.5 Å². The van der Waals surface area contributed by atoms with E-state index in [1.54, 1.807) is 18.2 Å². The molecular weight excluding hydrogens is 494 g/mol. The van der Waals surface area contributed by atoms with Gasteiger partial charge < -0.3 is 19.7 Å². The second-order valence-corrected chi connectivity index (χ2v) is 11.1. The Morgan fingerprint density at radius 3 is 2.30 bits per heavy atom. The molecule has 2 aromatic carbocycles. The van der Waals surface area contributed by atoms with E-state index >= 15 is 0 Å². The number of rotatable bonds is 12. The molecule has 10 heteroatoms. The maximum Gasteiger partial charge on any atom is 0.244 e. The number of carbonyl (C=O) groups is 2. The topological polar surface area (TPSA) is 105 Å². The van der Waals surface area contributed by atoms with E-state index in [0.29, 0.717) is 43.2 Å². The Morgan fingerprint density at radius 2 is 1.68 bits per heavy atom. The van der Waals surface area contributed by atoms with Gasteiger partial charge in [-0.2, -0.15) is 0 Å². The van der Waals surface area contributed by atoms with Crippen LogP contribution in [0, 0.1) is 0 Å². The summed E-state index contributed by atoms with van der Waals surface area (Å²) < 4.78 is 37.8. The average molecular weight is 532 g/mol. The zero-order chi connectivity index (χ0) is 27.0. The molecule has 0 unspecified atom stereocenters. The van der Waals surface area contributed by atoms with Crippen molar-refractivity contribution in [2.24, 2.45) is 0 Å². The molecule has 1 heterocycles. The van der Waals surface area contributed by atoms with Gasteiger partial charge in [0.05, 0.1) is 11.9 Å². The molecule has 202 valence electrons. The summed E-state index contributed by atoms with van der Waals surface area (Å²) in [6, 6.07) is 13.7. The van der Waals surface area contributed by atoms with E-state index < -0.39 is 28.5 Å². The molecule has 0 saturated heterocycles. The third kappa shape index (κ3) is 7.61. The molecule has 9 nitrogen and oxygen atoms in total. The largest absolute Gasteiger partial charge is 0.486 e. The Hall–Kier alpha value is -3.27. The lowest BCUT2D eigenvalue weighted by molar-refractivity contribution is -0.139. The first-order valence-electron chi connectivity index (χ1n) is 12.6. The van der Waals surface area contributed by atoms with Crippen molar-refractivity contribution >= 4 is 27.5 Å². The van der Waals surface area contributed by atoms with Gasteiger partial charge in [0.1, 0.15) is 25.8 Å². The quantitative estimate of drug-likeness (QED) is 0.452. The molecule has 1 aliphatic heterocycles. The first-order valence-corrected chi connectivity index (χ1v) is 14.5. The molecule has 2 atom stereocenters. The number of carbonyl (C=O) groups excluding carboxylic acids is 2. The number of nitrogens with zero attached hydrogens (tertiary/aromatic N) is 2. The fraction of sp³-hybridized carbons (Fsp3) is 0.481. The van der Waals surface area contributed by atoms with Crippen LogP contribution >= 0.6 is 0 Å². The van der Waals surface area contributed by atoms with Gasteiger partial charge in [0, 0.05) is 18.7 Å². The minimum Gasteiger partial charge on any atom is -0.486 e. The number of ether oxygens (including phenoxy) is 2. The fourth-order valence-electron chi connectivity index (χ4n) is 4.14. The minimum absolute atomic E-state index is 0.0437. The highest BCUT2D eigenvalue weighted by molar-refractivity contribution is 7.92. The molecule has 1 aliphatic rings. The summed E-state index contributed by atoms with van der Waals surface area (Å²) in [6.45, 7) is 6.32. The number of fused-ring (bicyclic) bond motifs is 1. The third-order valence-electron chi connectivity index (χ3n) is 6.36. The van der Waals surface area contributed by atoms with Crippen molar-refractivity contribution in [1.82, 2.24) is 10.2 Å². The average Bonchev–Trinajstić information content (AvgIpc) is 2.88. The van der Waals surface area contributed by atoms with E-state index in [9.17, 15) is 18.0 Å². The number of nitrogens with one attached hydrogen (secondary N) is 1. The Balaban J connectivity index is 1.89. The molecule has 37 heavy (non-hydrogen) atoms. The first-order chi connectivity index (χ1) is 17.6. The van der Waals surface area contributed by atoms with E-state index in [1.165, 1.54) is 4.90 Å². The van der Waals surface area contributed by atoms with Crippen LogP contribution in [0.2, 0.25) is 0 Å². The number of sulfonamides is 1. The molecule has 0 fully saturated rings. The Kier molecular flexibility index (Phi) is 9.79. The number of amides is 2. The van der Waals surface area contributed by atoms with Crippen molar-refractivity contribution in [2.75, 3.05) is 36.9 Å². The summed E-state index contributed by atoms with van der Waals surface area (Å²) in [5.74, 6) is 0.239. The van der Waals surface area contributed by atoms with Crippen LogP contribution in [0.15, 0.2) is 48.5 Å². The molecule has 2 aromatic rings. The molecular formula is C27H37N3O6S. The predicted molar refractivity (Wildman–Crippen MR) is 143 cm³/mol. The first kappa shape index (κ1) is 28.3. The van der Waals surface area contributed by atoms with Gasteiger partial charge >= 0.3 is 0 Å². The van der Waals surface area contributed by atoms with Gasteiger partial charge in [-0.15, -0.1) is 0 Å². The Labute approximate surface area is 219 Å². The SMILES string of the molecule is CC[C@@H](C)NC(=O)[C@H](CC)N(CCc1ccccc1)C(=O)CN(c1ccc2c(c1)OCCO2)S(C)(=O)=O. The highest BCUT2D eigenvalue weighted by Crippen LogP contribution is 2.34. The van der Waals surface area contributed by atoms with Crippen LogP contribution in [0.3, 0.4) is 0 Å². The molecule has 3 rings (SSSR count). The normalized spacial score (nSPS) is 14.4. The number of benzene rings is 2. The molecule has 2 amide bonds. The molecule has 0 aromatic heterocycles. The van der Waals surface area contributed by atoms with Crippen molar-refractivity contribution in [1.29, 1.82) is 0 Å². The summed E-state index contributed by atoms with van der Waals surface area (Å²) in [5, 5.41) is 2.97. The van der Waals surface area contributed by atoms with E-state index in [2.05, 4.69) is 5.32 Å². The van der Waals surface area contributed by atoms with E-state index in [-0.39, 0.29) is 18.5 Å². The summed E-state index contributed by atoms with van der Waals surface area (Å²) in [5.41, 5.74) is 1.31. The van der Waals surface area contributed by atoms with E-state index in [4.69, 9.17) is 9.47 Å². The number of hydrogen-bond acceptors (Lipinski definition) is 6. The van der Waals surface area contributed by atoms with Crippen LogP contribution in [0.4, 0.5) is 5.69 Å². The number of hydrogen-bond donors (Lipinski definition) is 1. The maximum atomic E-state index is 13.7. The smallest absolute Gasteiger partial charge is 0.244 e. The third-order valence-corrected chi connectivity index (χ3v) is 7.50. The van der Waals surface area contributed by atoms with Crippen molar-refractivity contribution in [3.05, 3.63) is 54.1 Å². The minimum atomic E-state index is -3.83. The predicted octanol–water partition coefficient (Wildman–Crippen LogP) is 2.99. The highest BCUT2D eigenvalue weighted by atomic mass is 32.2. The van der Waals surface area contributed by atoms with Crippen molar-refractivity contribution in [2.45, 2.75) is 52.1 Å². The van der Waals surface area contributed by atoms with Crippen molar-refractivity contribution in [3.63, 3.8) is 0 Å². The molecule has 0 saturated carbocycles. The van der Waals surface area contributed by atoms with Crippen LogP contribution in [-0.2, 0) is 26.0 Å². The summed E-state index contributed by atoms with van der Waals surface area (Å²) in [7, 11) is -3.83. The van der Waals surface area contributed by atoms with Gasteiger partial charge in [-0.3, -0.25) is 13.9 Å². The van der Waals surface area contributed by atoms with Gasteiger partial charge in [0.25, 0.3) is 0 Å². The highest BCUT2D eigenvalue weighted by Gasteiger charge is 2.32. The monoisotopic (exact) mass is 531 g/mol. The van der Waals surface area contributed by atoms with Gasteiger partial charge in [-0.25, -0.2) is 8.42 Å². The van der Waals surface area contributed by atoms with Crippen LogP contribution < -0.4 is 19.1 Å². The van der Waals surface area contributed by atoms with Crippen LogP contribution in [-0.4, -0.2) is 69.8 Å². The maximum absolute atomic E-state index is 13.7. The summed E-state index contributed by atoms with van der Waals surface area (Å²) >= 11 is 0. The molecule has 0 radical (unpaired) electrons. The molecule has 1 N–H and O–H groups in total. The summed E-state index contributed by atoms with van der Waals surface area (Å²) in [6.07, 6.45) is 2.73. The Bertz CT molecular complexity index is 1170. The zero-order valence-electron chi connectivity index (χ0n) is 22.0. The van der Waals surface area contributed by atoms with Crippen molar-refractivity contribution < 1.29 is 27.5 Å². The van der Waals surface area contributed by atoms with Crippen LogP contribution in [0.25, 0.3) is 0 Å². The van der Waals surface area contributed by atoms with Gasteiger partial charge in [0.2, 0.25) is 21.8 Å². The standard InChI is InChI=1S/C27H37N3O6S/c1-5-20(3)28-27(32)23(6-2)29(15-14-21-10-8-7-9-11-21)26(31)19-30(37(4,33)34)22-12-13-24-25(18-22)36-17-16-35-24/h7-13,18,20,23H,5-6,14-17,19H2,1-4H3,(H,28,32)/t20-,23+/m1/s1. The zero-order valence-corrected chi connectivity index (χ0v) is 22.8. The van der Waals surface area contributed by atoms with E-state index in [1.807, 2.05) is 51.1 Å². The summed E-state index contributed by atoms with van der Waals surface area (Å²) in [4.78, 5) is 28.4. The van der Waals surface area contributed by atoms with Gasteiger partial charge in [0.15, 0.2) is 11.5 Å². The van der Waals surface area contributed by atoms with Gasteiger partial charge in [-0.05, 0) is 43.9 Å². The van der Waals surface area contributed by atoms with Crippen LogP contribution in [0.1, 0.15) is 39.2 Å². The van der Waals surface area contributed by atoms with Gasteiger partial charge in [-0.1, -0.05) is 44.2 Å². The molecule has 0 bridgehead atoms. The lowest BCUT2D eigenvalue weighted by Crippen LogP contribution is -2.54. The Morgan fingerprint density at radius 1 is 1.00 bits per heavy atom. The number of anilines is 1. The second kappa shape index (κ2) is 12.8. The lowest BCUT2D eigenvalue weighted by atomic mass is 10.1. The lowest BCUT2D eigenvalue weighted by Gasteiger charge is -2.33. The molecule has 0 spiro atoms. The molecule has 0 aliphatic carbocycles. The van der Waals surface area contributed by atoms with E-state index in [0.717, 1.165) is 22.5 Å².